The SMILES string of the molecule is CCCCC/C=C/C/C=C/CCCCCCCCOC(=O)CCCCCCCCCCC. The molecule has 0 N–H and O–H groups in total. The molecule has 0 aliphatic carbocycles. The zero-order chi connectivity index (χ0) is 23.4. The van der Waals surface area contributed by atoms with Gasteiger partial charge in [0.1, 0.15) is 0 Å². The van der Waals surface area contributed by atoms with Gasteiger partial charge in [0, 0.05) is 6.42 Å². The lowest BCUT2D eigenvalue weighted by atomic mass is 10.1. The molecule has 0 aliphatic rings. The summed E-state index contributed by atoms with van der Waals surface area (Å²) in [6, 6.07) is 0. The van der Waals surface area contributed by atoms with E-state index in [0.717, 1.165) is 19.3 Å². The van der Waals surface area contributed by atoms with Gasteiger partial charge in [-0.05, 0) is 44.9 Å². The number of allylic oxidation sites excluding steroid dienone is 4. The van der Waals surface area contributed by atoms with Crippen LogP contribution in [0.25, 0.3) is 0 Å². The molecule has 0 heterocycles. The normalized spacial score (nSPS) is 11.7. The lowest BCUT2D eigenvalue weighted by molar-refractivity contribution is -0.143. The highest BCUT2D eigenvalue weighted by molar-refractivity contribution is 5.69. The van der Waals surface area contributed by atoms with Crippen LogP contribution >= 0.6 is 0 Å². The smallest absolute Gasteiger partial charge is 0.305 e. The molecule has 0 amide bonds. The largest absolute Gasteiger partial charge is 0.466 e. The Balaban J connectivity index is 3.23. The van der Waals surface area contributed by atoms with Gasteiger partial charge in [0.2, 0.25) is 0 Å². The van der Waals surface area contributed by atoms with Crippen molar-refractivity contribution in [3.8, 4) is 0 Å². The van der Waals surface area contributed by atoms with E-state index in [1.807, 2.05) is 0 Å². The first-order chi connectivity index (χ1) is 15.8. The summed E-state index contributed by atoms with van der Waals surface area (Å²) < 4.78 is 5.38. The molecular formula is C30H56O2. The van der Waals surface area contributed by atoms with Crippen molar-refractivity contribution in [1.29, 1.82) is 0 Å². The molecule has 0 fully saturated rings. The molecule has 2 nitrogen and oxygen atoms in total. The molecule has 32 heavy (non-hydrogen) atoms. The standard InChI is InChI=1S/C30H56O2/c1-3-5-7-9-11-13-14-15-16-17-18-19-21-23-25-27-29-32-30(31)28-26-24-22-20-12-10-8-6-4-2/h11,13,15-16H,3-10,12,14,17-29H2,1-2H3/b13-11+,16-15+. The van der Waals surface area contributed by atoms with Crippen molar-refractivity contribution < 1.29 is 9.53 Å². The van der Waals surface area contributed by atoms with Crippen LogP contribution in [0, 0.1) is 0 Å². The van der Waals surface area contributed by atoms with Crippen molar-refractivity contribution >= 4 is 5.97 Å². The highest BCUT2D eigenvalue weighted by atomic mass is 16.5. The molecule has 0 aliphatic heterocycles. The Morgan fingerprint density at radius 1 is 0.531 bits per heavy atom. The monoisotopic (exact) mass is 448 g/mol. The third kappa shape index (κ3) is 27.0. The van der Waals surface area contributed by atoms with Crippen molar-refractivity contribution in [2.45, 2.75) is 155 Å². The van der Waals surface area contributed by atoms with E-state index in [-0.39, 0.29) is 5.97 Å². The van der Waals surface area contributed by atoms with Gasteiger partial charge in [0.25, 0.3) is 0 Å². The Hall–Kier alpha value is -1.05. The summed E-state index contributed by atoms with van der Waals surface area (Å²) in [7, 11) is 0. The van der Waals surface area contributed by atoms with Crippen LogP contribution in [-0.2, 0) is 9.53 Å². The average Bonchev–Trinajstić information content (AvgIpc) is 2.80. The fourth-order valence-corrected chi connectivity index (χ4v) is 3.93. The average molecular weight is 449 g/mol. The van der Waals surface area contributed by atoms with Gasteiger partial charge in [-0.25, -0.2) is 0 Å². The number of carbonyl (C=O) groups is 1. The fourth-order valence-electron chi connectivity index (χ4n) is 3.93. The van der Waals surface area contributed by atoms with Crippen molar-refractivity contribution in [3.63, 3.8) is 0 Å². The van der Waals surface area contributed by atoms with E-state index < -0.39 is 0 Å². The Labute approximate surface area is 201 Å². The second kappa shape index (κ2) is 28.0. The van der Waals surface area contributed by atoms with Gasteiger partial charge in [-0.1, -0.05) is 128 Å². The highest BCUT2D eigenvalue weighted by Gasteiger charge is 2.02. The molecule has 0 rings (SSSR count). The maximum Gasteiger partial charge on any atom is 0.305 e. The van der Waals surface area contributed by atoms with Crippen LogP contribution in [0.5, 0.6) is 0 Å². The van der Waals surface area contributed by atoms with Gasteiger partial charge in [-0.3, -0.25) is 4.79 Å². The Bertz CT molecular complexity index is 425. The molecular weight excluding hydrogens is 392 g/mol. The lowest BCUT2D eigenvalue weighted by Gasteiger charge is -2.05. The van der Waals surface area contributed by atoms with Crippen LogP contribution in [0.1, 0.15) is 155 Å². The van der Waals surface area contributed by atoms with Crippen molar-refractivity contribution in [3.05, 3.63) is 24.3 Å². The molecule has 0 aromatic rings. The van der Waals surface area contributed by atoms with Crippen LogP contribution in [-0.4, -0.2) is 12.6 Å². The Morgan fingerprint density at radius 3 is 1.56 bits per heavy atom. The van der Waals surface area contributed by atoms with E-state index in [9.17, 15) is 4.79 Å². The number of hydrogen-bond acceptors (Lipinski definition) is 2. The van der Waals surface area contributed by atoms with Gasteiger partial charge in [-0.2, -0.15) is 0 Å². The summed E-state index contributed by atoms with van der Waals surface area (Å²) in [5.41, 5.74) is 0. The van der Waals surface area contributed by atoms with E-state index >= 15 is 0 Å². The maximum atomic E-state index is 11.8. The lowest BCUT2D eigenvalue weighted by Crippen LogP contribution is -2.05. The minimum absolute atomic E-state index is 0.00976. The zero-order valence-corrected chi connectivity index (χ0v) is 21.9. The summed E-state index contributed by atoms with van der Waals surface area (Å²) in [6.45, 7) is 5.13. The van der Waals surface area contributed by atoms with E-state index in [1.54, 1.807) is 0 Å². The van der Waals surface area contributed by atoms with Crippen molar-refractivity contribution in [2.24, 2.45) is 0 Å². The minimum atomic E-state index is 0.00976. The maximum absolute atomic E-state index is 11.8. The molecule has 0 unspecified atom stereocenters. The van der Waals surface area contributed by atoms with E-state index in [4.69, 9.17) is 4.74 Å². The quantitative estimate of drug-likeness (QED) is 0.0788. The van der Waals surface area contributed by atoms with Gasteiger partial charge in [0.15, 0.2) is 0 Å². The van der Waals surface area contributed by atoms with Gasteiger partial charge in [0.05, 0.1) is 6.61 Å². The predicted molar refractivity (Wildman–Crippen MR) is 142 cm³/mol. The van der Waals surface area contributed by atoms with E-state index in [0.29, 0.717) is 13.0 Å². The molecule has 0 spiro atoms. The molecule has 0 saturated heterocycles. The molecule has 188 valence electrons. The third-order valence-corrected chi connectivity index (χ3v) is 6.09. The molecule has 0 radical (unpaired) electrons. The second-order valence-corrected chi connectivity index (χ2v) is 9.38. The van der Waals surface area contributed by atoms with Gasteiger partial charge < -0.3 is 4.74 Å². The number of hydrogen-bond donors (Lipinski definition) is 0. The first-order valence-electron chi connectivity index (χ1n) is 14.3. The van der Waals surface area contributed by atoms with Crippen LogP contribution in [0.2, 0.25) is 0 Å². The highest BCUT2D eigenvalue weighted by Crippen LogP contribution is 2.11. The summed E-state index contributed by atoms with van der Waals surface area (Å²) in [4.78, 5) is 11.8. The summed E-state index contributed by atoms with van der Waals surface area (Å²) >= 11 is 0. The number of rotatable bonds is 25. The number of unbranched alkanes of at least 4 members (excludes halogenated alkanes) is 17. The van der Waals surface area contributed by atoms with Crippen molar-refractivity contribution in [2.75, 3.05) is 6.61 Å². The van der Waals surface area contributed by atoms with Crippen LogP contribution in [0.4, 0.5) is 0 Å². The molecule has 0 atom stereocenters. The summed E-state index contributed by atoms with van der Waals surface area (Å²) in [5, 5.41) is 0. The second-order valence-electron chi connectivity index (χ2n) is 9.38. The molecule has 0 aromatic carbocycles. The van der Waals surface area contributed by atoms with Crippen LogP contribution in [0.3, 0.4) is 0 Å². The first kappa shape index (κ1) is 30.9. The fraction of sp³-hybridized carbons (Fsp3) is 0.833. The molecule has 0 aromatic heterocycles. The first-order valence-corrected chi connectivity index (χ1v) is 14.3. The third-order valence-electron chi connectivity index (χ3n) is 6.09. The minimum Gasteiger partial charge on any atom is -0.466 e. The molecule has 0 bridgehead atoms. The predicted octanol–water partition coefficient (Wildman–Crippen LogP) is 10.3. The van der Waals surface area contributed by atoms with Gasteiger partial charge >= 0.3 is 5.97 Å². The summed E-state index contributed by atoms with van der Waals surface area (Å²) in [6.07, 6.45) is 36.4. The van der Waals surface area contributed by atoms with E-state index in [1.165, 1.54) is 116 Å². The van der Waals surface area contributed by atoms with E-state index in [2.05, 4.69) is 38.2 Å². The summed E-state index contributed by atoms with van der Waals surface area (Å²) in [5.74, 6) is 0.00976. The number of carbonyl (C=O) groups excluding carboxylic acids is 1. The number of esters is 1. The number of ether oxygens (including phenoxy) is 1. The van der Waals surface area contributed by atoms with Gasteiger partial charge in [-0.15, -0.1) is 0 Å². The molecule has 0 saturated carbocycles. The van der Waals surface area contributed by atoms with Crippen LogP contribution in [0.15, 0.2) is 24.3 Å². The molecule has 2 heteroatoms. The zero-order valence-electron chi connectivity index (χ0n) is 21.9. The Morgan fingerprint density at radius 2 is 0.969 bits per heavy atom. The topological polar surface area (TPSA) is 26.3 Å². The van der Waals surface area contributed by atoms with Crippen molar-refractivity contribution in [1.82, 2.24) is 0 Å². The Kier molecular flexibility index (Phi) is 27.1. The van der Waals surface area contributed by atoms with Crippen LogP contribution < -0.4 is 0 Å².